The predicted molar refractivity (Wildman–Crippen MR) is 233 cm³/mol. The molecule has 0 fully saturated rings. The van der Waals surface area contributed by atoms with Crippen LogP contribution in [-0.2, 0) is 0 Å². The fourth-order valence-electron chi connectivity index (χ4n) is 8.71. The Morgan fingerprint density at radius 2 is 0.722 bits per heavy atom. The highest BCUT2D eigenvalue weighted by atomic mass is 14.2. The smallest absolute Gasteiger partial charge is 0.00921 e. The Kier molecular flexibility index (Phi) is 8.23. The van der Waals surface area contributed by atoms with Crippen LogP contribution in [0.3, 0.4) is 0 Å². The fourth-order valence-corrected chi connectivity index (χ4v) is 8.71. The quantitative estimate of drug-likeness (QED) is 0.153. The van der Waals surface area contributed by atoms with E-state index in [1.165, 1.54) is 99.1 Å². The zero-order valence-electron chi connectivity index (χ0n) is 30.3. The normalized spacial score (nSPS) is 14.1. The molecule has 0 spiro atoms. The number of fused-ring (bicyclic) bond motifs is 6. The van der Waals surface area contributed by atoms with Crippen LogP contribution in [0.5, 0.6) is 0 Å². The summed E-state index contributed by atoms with van der Waals surface area (Å²) in [6.07, 6.45) is 18.3. The van der Waals surface area contributed by atoms with Crippen LogP contribution in [0.2, 0.25) is 0 Å². The summed E-state index contributed by atoms with van der Waals surface area (Å²) in [4.78, 5) is 0. The molecule has 10 rings (SSSR count). The monoisotopic (exact) mass is 688 g/mol. The Morgan fingerprint density at radius 1 is 0.333 bits per heavy atom. The Morgan fingerprint density at radius 3 is 1.07 bits per heavy atom. The summed E-state index contributed by atoms with van der Waals surface area (Å²) < 4.78 is 0. The van der Waals surface area contributed by atoms with E-state index in [9.17, 15) is 0 Å². The minimum Gasteiger partial charge on any atom is -0.0842 e. The molecule has 8 aromatic carbocycles. The molecule has 0 amide bonds. The lowest BCUT2D eigenvalue weighted by Crippen LogP contribution is -1.98. The van der Waals surface area contributed by atoms with Crippen molar-refractivity contribution >= 4 is 43.5 Å². The summed E-state index contributed by atoms with van der Waals surface area (Å²) in [6.45, 7) is 0. The van der Waals surface area contributed by atoms with Gasteiger partial charge in [0.2, 0.25) is 0 Å². The zero-order chi connectivity index (χ0) is 35.8. The zero-order valence-corrected chi connectivity index (χ0v) is 30.3. The third kappa shape index (κ3) is 5.72. The number of benzene rings is 8. The van der Waals surface area contributed by atoms with Crippen LogP contribution in [0.25, 0.3) is 88.0 Å². The van der Waals surface area contributed by atoms with Crippen molar-refractivity contribution in [2.75, 3.05) is 0 Å². The van der Waals surface area contributed by atoms with Gasteiger partial charge in [0.15, 0.2) is 0 Å². The molecule has 0 aromatic heterocycles. The molecular formula is C54H40. The molecule has 0 N–H and O–H groups in total. The van der Waals surface area contributed by atoms with Gasteiger partial charge in [-0.1, -0.05) is 158 Å². The minimum absolute atomic E-state index is 1.05. The van der Waals surface area contributed by atoms with Crippen molar-refractivity contribution in [2.45, 2.75) is 25.7 Å². The van der Waals surface area contributed by atoms with Crippen LogP contribution < -0.4 is 0 Å². The lowest BCUT2D eigenvalue weighted by atomic mass is 9.81. The molecule has 0 nitrogen and oxygen atoms in total. The Labute approximate surface area is 317 Å². The predicted octanol–water partition coefficient (Wildman–Crippen LogP) is 15.3. The first-order valence-corrected chi connectivity index (χ1v) is 19.3. The minimum atomic E-state index is 1.05. The van der Waals surface area contributed by atoms with Crippen molar-refractivity contribution in [3.63, 3.8) is 0 Å². The van der Waals surface area contributed by atoms with Crippen LogP contribution in [0.1, 0.15) is 36.8 Å². The van der Waals surface area contributed by atoms with Crippen molar-refractivity contribution in [1.29, 1.82) is 0 Å². The van der Waals surface area contributed by atoms with E-state index in [1.54, 1.807) is 0 Å². The Balaban J connectivity index is 1.41. The average Bonchev–Trinajstić information content (AvgIpc) is 3.27. The SMILES string of the molecule is C1=CCCC(c2cc3c(cc2C2=CCCC=C2)c2cc(-c4ccccc4)c(-c4ccccc4)cc2c2cc(-c4ccccc4)c(-c4ccccc4)cc32)=C1. The van der Waals surface area contributed by atoms with E-state index in [2.05, 4.69) is 194 Å². The van der Waals surface area contributed by atoms with Gasteiger partial charge in [-0.2, -0.15) is 0 Å². The second kappa shape index (κ2) is 13.8. The Bertz CT molecular complexity index is 2820. The summed E-state index contributed by atoms with van der Waals surface area (Å²) in [5.74, 6) is 0. The first-order chi connectivity index (χ1) is 26.8. The number of hydrogen-bond donors (Lipinski definition) is 0. The van der Waals surface area contributed by atoms with Crippen LogP contribution in [0.4, 0.5) is 0 Å². The number of rotatable bonds is 6. The molecule has 0 unspecified atom stereocenters. The molecule has 2 aliphatic rings. The van der Waals surface area contributed by atoms with Crippen LogP contribution in [0.15, 0.2) is 194 Å². The van der Waals surface area contributed by atoms with Gasteiger partial charge in [0.25, 0.3) is 0 Å². The summed E-state index contributed by atoms with van der Waals surface area (Å²) in [6, 6.07) is 58.7. The molecule has 2 aliphatic carbocycles. The lowest BCUT2D eigenvalue weighted by Gasteiger charge is -2.22. The van der Waals surface area contributed by atoms with Gasteiger partial charge in [-0.3, -0.25) is 0 Å². The second-order valence-corrected chi connectivity index (χ2v) is 14.6. The first-order valence-electron chi connectivity index (χ1n) is 19.3. The third-order valence-corrected chi connectivity index (χ3v) is 11.3. The molecule has 0 radical (unpaired) electrons. The largest absolute Gasteiger partial charge is 0.0842 e. The van der Waals surface area contributed by atoms with E-state index in [1.807, 2.05) is 0 Å². The molecule has 8 aromatic rings. The maximum atomic E-state index is 2.53. The molecule has 54 heavy (non-hydrogen) atoms. The molecule has 0 bridgehead atoms. The molecule has 0 atom stereocenters. The summed E-state index contributed by atoms with van der Waals surface area (Å²) >= 11 is 0. The standard InChI is InChI=1S/C54H40/c1-7-19-37(20-8-1)43-31-49-50(32-44(43)38-21-9-2-10-22-38)52-34-46(40-25-13-4-14-26-40)48(42-29-17-6-18-30-42)36-54(52)53-35-47(41-27-15-5-16-28-41)45(33-51(49)53)39-23-11-3-12-24-39/h1-5,7-13,15-17,19-25,27-36H,6,14,18,26H2. The number of hydrogen-bond acceptors (Lipinski definition) is 0. The first kappa shape index (κ1) is 32.2. The molecule has 0 saturated heterocycles. The molecule has 0 heteroatoms. The highest BCUT2D eigenvalue weighted by Crippen LogP contribution is 2.47. The van der Waals surface area contributed by atoms with Gasteiger partial charge in [-0.15, -0.1) is 0 Å². The van der Waals surface area contributed by atoms with E-state index >= 15 is 0 Å². The highest BCUT2D eigenvalue weighted by Gasteiger charge is 2.21. The second-order valence-electron chi connectivity index (χ2n) is 14.6. The number of allylic oxidation sites excluding steroid dienone is 8. The molecular weight excluding hydrogens is 649 g/mol. The summed E-state index contributed by atoms with van der Waals surface area (Å²) in [5.41, 5.74) is 15.3. The van der Waals surface area contributed by atoms with Crippen molar-refractivity contribution in [3.8, 4) is 44.5 Å². The van der Waals surface area contributed by atoms with Crippen molar-refractivity contribution in [1.82, 2.24) is 0 Å². The van der Waals surface area contributed by atoms with Gasteiger partial charge < -0.3 is 0 Å². The van der Waals surface area contributed by atoms with Gasteiger partial charge >= 0.3 is 0 Å². The molecule has 0 aliphatic heterocycles. The average molecular weight is 689 g/mol. The molecule has 0 heterocycles. The lowest BCUT2D eigenvalue weighted by molar-refractivity contribution is 1.04. The molecule has 256 valence electrons. The van der Waals surface area contributed by atoms with E-state index in [-0.39, 0.29) is 0 Å². The maximum Gasteiger partial charge on any atom is -0.00921 e. The molecule has 0 saturated carbocycles. The van der Waals surface area contributed by atoms with Gasteiger partial charge in [-0.05, 0) is 161 Å². The van der Waals surface area contributed by atoms with Gasteiger partial charge in [0.05, 0.1) is 0 Å². The van der Waals surface area contributed by atoms with Crippen molar-refractivity contribution in [3.05, 3.63) is 205 Å². The summed E-state index contributed by atoms with van der Waals surface area (Å²) in [7, 11) is 0. The Hall–Kier alpha value is -6.50. The van der Waals surface area contributed by atoms with Gasteiger partial charge in [0.1, 0.15) is 0 Å². The van der Waals surface area contributed by atoms with Crippen molar-refractivity contribution in [2.24, 2.45) is 0 Å². The van der Waals surface area contributed by atoms with Crippen molar-refractivity contribution < 1.29 is 0 Å². The maximum absolute atomic E-state index is 2.53. The third-order valence-electron chi connectivity index (χ3n) is 11.3. The van der Waals surface area contributed by atoms with Gasteiger partial charge in [-0.25, -0.2) is 0 Å². The van der Waals surface area contributed by atoms with E-state index < -0.39 is 0 Å². The van der Waals surface area contributed by atoms with Crippen LogP contribution in [0, 0.1) is 0 Å². The van der Waals surface area contributed by atoms with Gasteiger partial charge in [0, 0.05) is 0 Å². The highest BCUT2D eigenvalue weighted by molar-refractivity contribution is 6.28. The van der Waals surface area contributed by atoms with Crippen LogP contribution in [-0.4, -0.2) is 0 Å². The topological polar surface area (TPSA) is 0 Å². The van der Waals surface area contributed by atoms with Crippen LogP contribution >= 0.6 is 0 Å². The fraction of sp³-hybridized carbons (Fsp3) is 0.0741. The van der Waals surface area contributed by atoms with E-state index in [0.29, 0.717) is 0 Å². The van der Waals surface area contributed by atoms with E-state index in [0.717, 1.165) is 25.7 Å². The summed E-state index contributed by atoms with van der Waals surface area (Å²) in [5, 5.41) is 7.73. The van der Waals surface area contributed by atoms with E-state index in [4.69, 9.17) is 0 Å².